The SMILES string of the molecule is CCCCCCCCCN1C(=O)C(CN(O)C=O)Sc2ccccc21. The standard InChI is InChI=1S/C19H28N2O3S/c1-2-3-4-5-6-7-10-13-21-16-11-8-9-12-17(16)25-18(19(21)23)14-20(24)15-22/h8-9,11-12,15,18,24H,2-7,10,13-14H2,1H3. The Labute approximate surface area is 154 Å². The van der Waals surface area contributed by atoms with E-state index in [4.69, 9.17) is 0 Å². The fraction of sp³-hybridized carbons (Fsp3) is 0.579. The zero-order valence-corrected chi connectivity index (χ0v) is 15.7. The number of benzene rings is 1. The average Bonchev–Trinajstić information content (AvgIpc) is 2.63. The van der Waals surface area contributed by atoms with Crippen LogP contribution in [0.5, 0.6) is 0 Å². The summed E-state index contributed by atoms with van der Waals surface area (Å²) in [7, 11) is 0. The Balaban J connectivity index is 1.94. The first-order valence-corrected chi connectivity index (χ1v) is 10.0. The van der Waals surface area contributed by atoms with E-state index >= 15 is 0 Å². The van der Waals surface area contributed by atoms with Gasteiger partial charge in [-0.15, -0.1) is 11.8 Å². The number of nitrogens with zero attached hydrogens (tertiary/aromatic N) is 2. The number of carbonyl (C=O) groups is 2. The number of unbranched alkanes of at least 4 members (excludes halogenated alkanes) is 6. The Morgan fingerprint density at radius 2 is 1.84 bits per heavy atom. The van der Waals surface area contributed by atoms with Gasteiger partial charge in [-0.05, 0) is 18.6 Å². The Kier molecular flexibility index (Phi) is 8.28. The van der Waals surface area contributed by atoms with E-state index < -0.39 is 5.25 Å². The van der Waals surface area contributed by atoms with Gasteiger partial charge in [0.15, 0.2) is 0 Å². The molecule has 1 aliphatic heterocycles. The molecular weight excluding hydrogens is 336 g/mol. The van der Waals surface area contributed by atoms with Gasteiger partial charge in [-0.25, -0.2) is 5.06 Å². The molecule has 138 valence electrons. The van der Waals surface area contributed by atoms with Gasteiger partial charge in [0.1, 0.15) is 5.25 Å². The summed E-state index contributed by atoms with van der Waals surface area (Å²) < 4.78 is 0. The fourth-order valence-electron chi connectivity index (χ4n) is 3.06. The van der Waals surface area contributed by atoms with Crippen molar-refractivity contribution in [3.63, 3.8) is 0 Å². The second-order valence-electron chi connectivity index (χ2n) is 6.41. The molecule has 1 unspecified atom stereocenters. The predicted molar refractivity (Wildman–Crippen MR) is 101 cm³/mol. The normalized spacial score (nSPS) is 16.6. The second-order valence-corrected chi connectivity index (χ2v) is 7.66. The van der Waals surface area contributed by atoms with Crippen LogP contribution in [0.4, 0.5) is 5.69 Å². The Morgan fingerprint density at radius 1 is 1.16 bits per heavy atom. The van der Waals surface area contributed by atoms with Gasteiger partial charge < -0.3 is 4.90 Å². The van der Waals surface area contributed by atoms with Crippen LogP contribution in [0.3, 0.4) is 0 Å². The number of para-hydroxylation sites is 1. The number of anilines is 1. The molecule has 0 saturated heterocycles. The van der Waals surface area contributed by atoms with Crippen molar-refractivity contribution in [3.05, 3.63) is 24.3 Å². The highest BCUT2D eigenvalue weighted by Gasteiger charge is 2.34. The van der Waals surface area contributed by atoms with Gasteiger partial charge in [0.2, 0.25) is 12.3 Å². The van der Waals surface area contributed by atoms with Crippen LogP contribution in [0.25, 0.3) is 0 Å². The maximum atomic E-state index is 12.8. The molecule has 2 amide bonds. The monoisotopic (exact) mass is 364 g/mol. The molecule has 25 heavy (non-hydrogen) atoms. The molecule has 1 aromatic rings. The van der Waals surface area contributed by atoms with Gasteiger partial charge in [0.25, 0.3) is 0 Å². The van der Waals surface area contributed by atoms with Gasteiger partial charge in [-0.3, -0.25) is 14.8 Å². The van der Waals surface area contributed by atoms with Crippen molar-refractivity contribution in [2.45, 2.75) is 62.0 Å². The molecule has 1 atom stereocenters. The lowest BCUT2D eigenvalue weighted by molar-refractivity contribution is -0.150. The Hall–Kier alpha value is -1.53. The molecule has 2 rings (SSSR count). The van der Waals surface area contributed by atoms with Crippen LogP contribution in [-0.4, -0.2) is 40.9 Å². The number of thioether (sulfide) groups is 1. The van der Waals surface area contributed by atoms with E-state index in [0.717, 1.165) is 23.4 Å². The van der Waals surface area contributed by atoms with Crippen LogP contribution in [0.15, 0.2) is 29.2 Å². The van der Waals surface area contributed by atoms with Crippen LogP contribution in [0.2, 0.25) is 0 Å². The summed E-state index contributed by atoms with van der Waals surface area (Å²) in [6.07, 6.45) is 8.74. The lowest BCUT2D eigenvalue weighted by Gasteiger charge is -2.34. The molecule has 1 aliphatic rings. The molecule has 0 aliphatic carbocycles. The van der Waals surface area contributed by atoms with Crippen LogP contribution in [-0.2, 0) is 9.59 Å². The first-order valence-electron chi connectivity index (χ1n) is 9.15. The van der Waals surface area contributed by atoms with E-state index in [9.17, 15) is 14.8 Å². The highest BCUT2D eigenvalue weighted by Crippen LogP contribution is 2.39. The largest absolute Gasteiger partial charge is 0.310 e. The molecule has 6 heteroatoms. The van der Waals surface area contributed by atoms with Gasteiger partial charge in [-0.2, -0.15) is 0 Å². The summed E-state index contributed by atoms with van der Waals surface area (Å²) in [5.74, 6) is -0.0319. The minimum Gasteiger partial charge on any atom is -0.310 e. The highest BCUT2D eigenvalue weighted by atomic mass is 32.2. The van der Waals surface area contributed by atoms with Crippen molar-refractivity contribution in [2.75, 3.05) is 18.0 Å². The fourth-order valence-corrected chi connectivity index (χ4v) is 4.28. The van der Waals surface area contributed by atoms with Crippen LogP contribution in [0, 0.1) is 0 Å². The minimum absolute atomic E-state index is 0.00878. The van der Waals surface area contributed by atoms with E-state index in [-0.39, 0.29) is 12.5 Å². The van der Waals surface area contributed by atoms with Crippen molar-refractivity contribution in [1.29, 1.82) is 0 Å². The average molecular weight is 365 g/mol. The van der Waals surface area contributed by atoms with E-state index in [1.165, 1.54) is 43.9 Å². The highest BCUT2D eigenvalue weighted by molar-refractivity contribution is 8.01. The molecule has 1 aromatic carbocycles. The van der Waals surface area contributed by atoms with Crippen LogP contribution in [0.1, 0.15) is 51.9 Å². The summed E-state index contributed by atoms with van der Waals surface area (Å²) in [6.45, 7) is 2.91. The maximum Gasteiger partial charge on any atom is 0.242 e. The molecule has 0 radical (unpaired) electrons. The Bertz CT molecular complexity index is 567. The van der Waals surface area contributed by atoms with Gasteiger partial charge >= 0.3 is 0 Å². The van der Waals surface area contributed by atoms with Crippen molar-refractivity contribution >= 4 is 29.8 Å². The van der Waals surface area contributed by atoms with Gasteiger partial charge in [-0.1, -0.05) is 57.6 Å². The lowest BCUT2D eigenvalue weighted by atomic mass is 10.1. The van der Waals surface area contributed by atoms with Crippen LogP contribution < -0.4 is 4.90 Å². The third-order valence-corrected chi connectivity index (χ3v) is 5.66. The summed E-state index contributed by atoms with van der Waals surface area (Å²) >= 11 is 1.41. The molecule has 0 aromatic heterocycles. The van der Waals surface area contributed by atoms with Crippen molar-refractivity contribution < 1.29 is 14.8 Å². The maximum absolute atomic E-state index is 12.8. The van der Waals surface area contributed by atoms with E-state index in [0.29, 0.717) is 18.0 Å². The van der Waals surface area contributed by atoms with Crippen LogP contribution >= 0.6 is 11.8 Å². The van der Waals surface area contributed by atoms with Crippen molar-refractivity contribution in [2.24, 2.45) is 0 Å². The van der Waals surface area contributed by atoms with E-state index in [1.807, 2.05) is 29.2 Å². The molecule has 0 spiro atoms. The van der Waals surface area contributed by atoms with Gasteiger partial charge in [0.05, 0.1) is 12.2 Å². The third kappa shape index (κ3) is 5.75. The summed E-state index contributed by atoms with van der Waals surface area (Å²) in [6, 6.07) is 7.84. The molecule has 0 bridgehead atoms. The first kappa shape index (κ1) is 19.8. The van der Waals surface area contributed by atoms with E-state index in [2.05, 4.69) is 6.92 Å². The summed E-state index contributed by atoms with van der Waals surface area (Å²) in [5, 5.41) is 9.55. The van der Waals surface area contributed by atoms with Crippen molar-refractivity contribution in [1.82, 2.24) is 5.06 Å². The summed E-state index contributed by atoms with van der Waals surface area (Å²) in [5.41, 5.74) is 0.940. The molecule has 1 heterocycles. The number of hydroxylamine groups is 2. The Morgan fingerprint density at radius 3 is 2.56 bits per heavy atom. The van der Waals surface area contributed by atoms with Gasteiger partial charge in [0, 0.05) is 11.4 Å². The van der Waals surface area contributed by atoms with E-state index in [1.54, 1.807) is 0 Å². The predicted octanol–water partition coefficient (Wildman–Crippen LogP) is 4.09. The molecular formula is C19H28N2O3S. The minimum atomic E-state index is -0.463. The number of carbonyl (C=O) groups excluding carboxylic acids is 2. The molecule has 0 saturated carbocycles. The number of hydrogen-bond donors (Lipinski definition) is 1. The zero-order chi connectivity index (χ0) is 18.1. The smallest absolute Gasteiger partial charge is 0.242 e. The number of amides is 2. The molecule has 0 fully saturated rings. The molecule has 5 nitrogen and oxygen atoms in total. The topological polar surface area (TPSA) is 60.9 Å². The number of rotatable bonds is 11. The summed E-state index contributed by atoms with van der Waals surface area (Å²) in [4.78, 5) is 26.3. The number of hydrogen-bond acceptors (Lipinski definition) is 4. The number of fused-ring (bicyclic) bond motifs is 1. The molecule has 1 N–H and O–H groups in total. The second kappa shape index (κ2) is 10.5. The zero-order valence-electron chi connectivity index (χ0n) is 14.9. The lowest BCUT2D eigenvalue weighted by Crippen LogP contribution is -2.45. The quantitative estimate of drug-likeness (QED) is 0.278. The third-order valence-electron chi connectivity index (χ3n) is 4.43. The first-order chi connectivity index (χ1) is 12.2. The van der Waals surface area contributed by atoms with Crippen molar-refractivity contribution in [3.8, 4) is 0 Å².